The van der Waals surface area contributed by atoms with Crippen LogP contribution in [0.2, 0.25) is 0 Å². The standard InChI is InChI=1S/C16H28N2O/c1-5-17-12-15-8-6-7-9-16(15)19-11-10-18(4)13-14(2)3/h6-9,14,17H,5,10-13H2,1-4H3. The molecular weight excluding hydrogens is 236 g/mol. The van der Waals surface area contributed by atoms with Gasteiger partial charge in [-0.3, -0.25) is 0 Å². The highest BCUT2D eigenvalue weighted by molar-refractivity contribution is 5.33. The van der Waals surface area contributed by atoms with Crippen molar-refractivity contribution in [2.75, 3.05) is 33.3 Å². The molecule has 0 aliphatic rings. The normalized spacial score (nSPS) is 11.3. The summed E-state index contributed by atoms with van der Waals surface area (Å²) in [5, 5.41) is 3.34. The number of rotatable bonds is 9. The fourth-order valence-corrected chi connectivity index (χ4v) is 2.08. The van der Waals surface area contributed by atoms with Gasteiger partial charge < -0.3 is 15.0 Å². The summed E-state index contributed by atoms with van der Waals surface area (Å²) in [4.78, 5) is 2.32. The Hall–Kier alpha value is -1.06. The molecule has 1 aromatic rings. The average molecular weight is 264 g/mol. The molecule has 0 spiro atoms. The number of hydrogen-bond donors (Lipinski definition) is 1. The van der Waals surface area contributed by atoms with Gasteiger partial charge in [0.1, 0.15) is 12.4 Å². The van der Waals surface area contributed by atoms with E-state index < -0.39 is 0 Å². The van der Waals surface area contributed by atoms with Crippen molar-refractivity contribution in [1.82, 2.24) is 10.2 Å². The number of likely N-dealkylation sites (N-methyl/N-ethyl adjacent to an activating group) is 1. The SMILES string of the molecule is CCNCc1ccccc1OCCN(C)CC(C)C. The van der Waals surface area contributed by atoms with Crippen molar-refractivity contribution < 1.29 is 4.74 Å². The number of nitrogens with zero attached hydrogens (tertiary/aromatic N) is 1. The van der Waals surface area contributed by atoms with Crippen LogP contribution in [0.3, 0.4) is 0 Å². The Labute approximate surface area is 118 Å². The molecule has 19 heavy (non-hydrogen) atoms. The van der Waals surface area contributed by atoms with Crippen LogP contribution in [0, 0.1) is 5.92 Å². The van der Waals surface area contributed by atoms with Gasteiger partial charge >= 0.3 is 0 Å². The molecule has 0 bridgehead atoms. The molecule has 0 unspecified atom stereocenters. The molecule has 3 heteroatoms. The van der Waals surface area contributed by atoms with E-state index >= 15 is 0 Å². The molecule has 0 fully saturated rings. The number of hydrogen-bond acceptors (Lipinski definition) is 3. The number of nitrogens with one attached hydrogen (secondary N) is 1. The first-order chi connectivity index (χ1) is 9.13. The maximum atomic E-state index is 5.90. The quantitative estimate of drug-likeness (QED) is 0.742. The molecule has 1 aromatic carbocycles. The molecule has 3 nitrogen and oxygen atoms in total. The topological polar surface area (TPSA) is 24.5 Å². The minimum Gasteiger partial charge on any atom is -0.492 e. The highest BCUT2D eigenvalue weighted by Gasteiger charge is 2.04. The molecule has 0 atom stereocenters. The maximum absolute atomic E-state index is 5.90. The summed E-state index contributed by atoms with van der Waals surface area (Å²) in [5.41, 5.74) is 1.23. The van der Waals surface area contributed by atoms with Crippen LogP contribution in [0.25, 0.3) is 0 Å². The van der Waals surface area contributed by atoms with E-state index in [1.54, 1.807) is 0 Å². The number of benzene rings is 1. The summed E-state index contributed by atoms with van der Waals surface area (Å²) >= 11 is 0. The van der Waals surface area contributed by atoms with Gasteiger partial charge in [0, 0.05) is 25.2 Å². The predicted octanol–water partition coefficient (Wildman–Crippen LogP) is 2.76. The Kier molecular flexibility index (Phi) is 7.53. The van der Waals surface area contributed by atoms with E-state index in [0.29, 0.717) is 5.92 Å². The molecular formula is C16H28N2O. The lowest BCUT2D eigenvalue weighted by molar-refractivity contribution is 0.221. The Balaban J connectivity index is 2.39. The first-order valence-electron chi connectivity index (χ1n) is 7.23. The van der Waals surface area contributed by atoms with Crippen LogP contribution in [0.4, 0.5) is 0 Å². The zero-order valence-corrected chi connectivity index (χ0v) is 12.8. The highest BCUT2D eigenvalue weighted by Crippen LogP contribution is 2.17. The van der Waals surface area contributed by atoms with Crippen molar-refractivity contribution in [2.24, 2.45) is 5.92 Å². The van der Waals surface area contributed by atoms with E-state index in [9.17, 15) is 0 Å². The zero-order chi connectivity index (χ0) is 14.1. The average Bonchev–Trinajstić information content (AvgIpc) is 2.36. The van der Waals surface area contributed by atoms with E-state index in [1.807, 2.05) is 6.07 Å². The third-order valence-corrected chi connectivity index (χ3v) is 2.95. The molecule has 0 aliphatic carbocycles. The summed E-state index contributed by atoms with van der Waals surface area (Å²) in [6, 6.07) is 8.26. The van der Waals surface area contributed by atoms with Gasteiger partial charge in [-0.25, -0.2) is 0 Å². The Morgan fingerprint density at radius 3 is 2.68 bits per heavy atom. The van der Waals surface area contributed by atoms with Crippen molar-refractivity contribution in [1.29, 1.82) is 0 Å². The zero-order valence-electron chi connectivity index (χ0n) is 12.8. The smallest absolute Gasteiger partial charge is 0.123 e. The Morgan fingerprint density at radius 1 is 1.26 bits per heavy atom. The van der Waals surface area contributed by atoms with Gasteiger partial charge in [0.2, 0.25) is 0 Å². The molecule has 108 valence electrons. The highest BCUT2D eigenvalue weighted by atomic mass is 16.5. The molecule has 1 N–H and O–H groups in total. The predicted molar refractivity (Wildman–Crippen MR) is 81.7 cm³/mol. The summed E-state index contributed by atoms with van der Waals surface area (Å²) in [5.74, 6) is 1.70. The first-order valence-corrected chi connectivity index (χ1v) is 7.23. The van der Waals surface area contributed by atoms with E-state index in [0.717, 1.165) is 38.5 Å². The number of para-hydroxylation sites is 1. The van der Waals surface area contributed by atoms with Crippen LogP contribution in [-0.4, -0.2) is 38.2 Å². The van der Waals surface area contributed by atoms with Crippen LogP contribution in [0.15, 0.2) is 24.3 Å². The summed E-state index contributed by atoms with van der Waals surface area (Å²) < 4.78 is 5.90. The maximum Gasteiger partial charge on any atom is 0.123 e. The molecule has 0 heterocycles. The van der Waals surface area contributed by atoms with E-state index in [4.69, 9.17) is 4.74 Å². The van der Waals surface area contributed by atoms with Crippen molar-refractivity contribution in [3.05, 3.63) is 29.8 Å². The van der Waals surface area contributed by atoms with Crippen LogP contribution in [0.1, 0.15) is 26.3 Å². The second-order valence-corrected chi connectivity index (χ2v) is 5.39. The van der Waals surface area contributed by atoms with Crippen molar-refractivity contribution in [3.63, 3.8) is 0 Å². The van der Waals surface area contributed by atoms with Gasteiger partial charge in [-0.15, -0.1) is 0 Å². The Bertz CT molecular complexity index is 352. The lowest BCUT2D eigenvalue weighted by Gasteiger charge is -2.19. The first kappa shape index (κ1) is 16.0. The second kappa shape index (κ2) is 8.94. The minimum atomic E-state index is 0.700. The minimum absolute atomic E-state index is 0.700. The lowest BCUT2D eigenvalue weighted by Crippen LogP contribution is -2.28. The monoisotopic (exact) mass is 264 g/mol. The fraction of sp³-hybridized carbons (Fsp3) is 0.625. The summed E-state index contributed by atoms with van der Waals surface area (Å²) in [6.45, 7) is 11.3. The van der Waals surface area contributed by atoms with Crippen LogP contribution >= 0.6 is 0 Å². The van der Waals surface area contributed by atoms with Crippen LogP contribution in [0.5, 0.6) is 5.75 Å². The van der Waals surface area contributed by atoms with E-state index in [1.165, 1.54) is 5.56 Å². The number of ether oxygens (including phenoxy) is 1. The van der Waals surface area contributed by atoms with E-state index in [-0.39, 0.29) is 0 Å². The molecule has 1 rings (SSSR count). The van der Waals surface area contributed by atoms with Crippen molar-refractivity contribution >= 4 is 0 Å². The summed E-state index contributed by atoms with van der Waals surface area (Å²) in [7, 11) is 2.15. The van der Waals surface area contributed by atoms with Crippen molar-refractivity contribution in [2.45, 2.75) is 27.3 Å². The molecule has 0 amide bonds. The third-order valence-electron chi connectivity index (χ3n) is 2.95. The van der Waals surface area contributed by atoms with Gasteiger partial charge in [-0.05, 0) is 25.6 Å². The second-order valence-electron chi connectivity index (χ2n) is 5.39. The molecule has 0 aliphatic heterocycles. The van der Waals surface area contributed by atoms with Crippen LogP contribution < -0.4 is 10.1 Å². The third kappa shape index (κ3) is 6.60. The summed E-state index contributed by atoms with van der Waals surface area (Å²) in [6.07, 6.45) is 0. The Morgan fingerprint density at radius 2 is 2.00 bits per heavy atom. The van der Waals surface area contributed by atoms with Gasteiger partial charge in [-0.1, -0.05) is 39.0 Å². The molecule has 0 saturated carbocycles. The molecule has 0 radical (unpaired) electrons. The van der Waals surface area contributed by atoms with Gasteiger partial charge in [0.25, 0.3) is 0 Å². The molecule has 0 aromatic heterocycles. The largest absolute Gasteiger partial charge is 0.492 e. The van der Waals surface area contributed by atoms with Gasteiger partial charge in [-0.2, -0.15) is 0 Å². The fourth-order valence-electron chi connectivity index (χ4n) is 2.08. The lowest BCUT2D eigenvalue weighted by atomic mass is 10.2. The van der Waals surface area contributed by atoms with Gasteiger partial charge in [0.05, 0.1) is 0 Å². The van der Waals surface area contributed by atoms with Gasteiger partial charge in [0.15, 0.2) is 0 Å². The van der Waals surface area contributed by atoms with Crippen molar-refractivity contribution in [3.8, 4) is 5.75 Å². The molecule has 0 saturated heterocycles. The van der Waals surface area contributed by atoms with E-state index in [2.05, 4.69) is 56.2 Å². The van der Waals surface area contributed by atoms with Crippen LogP contribution in [-0.2, 0) is 6.54 Å².